The van der Waals surface area contributed by atoms with E-state index in [4.69, 9.17) is 0 Å². The number of benzene rings is 1. The molecule has 116 valence electrons. The third-order valence-electron chi connectivity index (χ3n) is 3.56. The third-order valence-corrected chi connectivity index (χ3v) is 4.40. The van der Waals surface area contributed by atoms with Crippen LogP contribution < -0.4 is 5.32 Å². The Morgan fingerprint density at radius 1 is 1.32 bits per heavy atom. The van der Waals surface area contributed by atoms with Crippen molar-refractivity contribution in [3.05, 3.63) is 52.5 Å². The molecule has 1 aromatic carbocycles. The van der Waals surface area contributed by atoms with Crippen LogP contribution in [0.5, 0.6) is 0 Å². The van der Waals surface area contributed by atoms with Crippen LogP contribution in [0.4, 0.5) is 0 Å². The third kappa shape index (κ3) is 3.51. The van der Waals surface area contributed by atoms with Gasteiger partial charge in [-0.15, -0.1) is 11.3 Å². The van der Waals surface area contributed by atoms with Crippen molar-refractivity contribution in [2.24, 2.45) is 0 Å². The van der Waals surface area contributed by atoms with Crippen molar-refractivity contribution in [1.82, 2.24) is 10.3 Å². The average Bonchev–Trinajstić information content (AvgIpc) is 3.04. The molecule has 0 spiro atoms. The molecule has 1 unspecified atom stereocenters. The number of rotatable bonds is 7. The lowest BCUT2D eigenvalue weighted by Crippen LogP contribution is -2.51. The molecule has 1 aromatic heterocycles. The smallest absolute Gasteiger partial charge is 0.334 e. The summed E-state index contributed by atoms with van der Waals surface area (Å²) in [5, 5.41) is 15.1. The molecular formula is C16H18N2O3S. The molecule has 1 heterocycles. The molecule has 6 heteroatoms. The van der Waals surface area contributed by atoms with Gasteiger partial charge in [-0.2, -0.15) is 0 Å². The average molecular weight is 318 g/mol. The van der Waals surface area contributed by atoms with E-state index in [0.717, 1.165) is 5.01 Å². The first kappa shape index (κ1) is 16.2. The molecule has 2 rings (SSSR count). The number of amides is 1. The van der Waals surface area contributed by atoms with Gasteiger partial charge in [-0.05, 0) is 12.0 Å². The van der Waals surface area contributed by atoms with Gasteiger partial charge in [-0.3, -0.25) is 4.79 Å². The highest BCUT2D eigenvalue weighted by molar-refractivity contribution is 7.09. The predicted molar refractivity (Wildman–Crippen MR) is 84.6 cm³/mol. The Morgan fingerprint density at radius 2 is 2.05 bits per heavy atom. The first-order chi connectivity index (χ1) is 10.6. The molecule has 2 aromatic rings. The van der Waals surface area contributed by atoms with Crippen molar-refractivity contribution in [3.8, 4) is 0 Å². The quantitative estimate of drug-likeness (QED) is 0.822. The zero-order valence-electron chi connectivity index (χ0n) is 12.3. The lowest BCUT2D eigenvalue weighted by Gasteiger charge is -2.30. The standard InChI is InChI=1S/C16H18N2O3S/c1-2-16(15(20)21,12-6-4-3-5-7-12)18-13(19)8-9-14-17-10-11-22-14/h3-7,10-11H,2,8-9H2,1H3,(H,18,19)(H,20,21). The number of carboxylic acid groups (broad SMARTS) is 1. The van der Waals surface area contributed by atoms with Crippen LogP contribution in [0.1, 0.15) is 30.3 Å². The van der Waals surface area contributed by atoms with Gasteiger partial charge in [-0.1, -0.05) is 37.3 Å². The van der Waals surface area contributed by atoms with Crippen molar-refractivity contribution < 1.29 is 14.7 Å². The summed E-state index contributed by atoms with van der Waals surface area (Å²) in [4.78, 5) is 28.1. The number of hydrogen-bond donors (Lipinski definition) is 2. The number of carbonyl (C=O) groups excluding carboxylic acids is 1. The Bertz CT molecular complexity index is 628. The Morgan fingerprint density at radius 3 is 2.59 bits per heavy atom. The number of carbonyl (C=O) groups is 2. The molecule has 0 saturated heterocycles. The normalized spacial score (nSPS) is 13.3. The summed E-state index contributed by atoms with van der Waals surface area (Å²) in [6.07, 6.45) is 2.69. The van der Waals surface area contributed by atoms with Crippen molar-refractivity contribution in [2.75, 3.05) is 0 Å². The lowest BCUT2D eigenvalue weighted by molar-refractivity contribution is -0.148. The molecule has 1 amide bonds. The zero-order chi connectivity index (χ0) is 16.0. The zero-order valence-corrected chi connectivity index (χ0v) is 13.1. The minimum Gasteiger partial charge on any atom is -0.479 e. The van der Waals surface area contributed by atoms with Gasteiger partial charge in [0, 0.05) is 24.4 Å². The second kappa shape index (κ2) is 7.17. The molecule has 0 fully saturated rings. The van der Waals surface area contributed by atoms with E-state index in [-0.39, 0.29) is 18.7 Å². The van der Waals surface area contributed by atoms with E-state index < -0.39 is 11.5 Å². The molecule has 0 aliphatic carbocycles. The fourth-order valence-electron chi connectivity index (χ4n) is 2.31. The SMILES string of the molecule is CCC(NC(=O)CCc1nccs1)(C(=O)O)c1ccccc1. The number of thiazole rings is 1. The van der Waals surface area contributed by atoms with E-state index >= 15 is 0 Å². The summed E-state index contributed by atoms with van der Waals surface area (Å²) in [6.45, 7) is 1.75. The largest absolute Gasteiger partial charge is 0.479 e. The maximum Gasteiger partial charge on any atom is 0.334 e. The van der Waals surface area contributed by atoms with Gasteiger partial charge >= 0.3 is 5.97 Å². The minimum absolute atomic E-state index is 0.218. The van der Waals surface area contributed by atoms with Crippen molar-refractivity contribution in [3.63, 3.8) is 0 Å². The Hall–Kier alpha value is -2.21. The molecular weight excluding hydrogens is 300 g/mol. The molecule has 0 bridgehead atoms. The van der Waals surface area contributed by atoms with Gasteiger partial charge in [0.25, 0.3) is 0 Å². The van der Waals surface area contributed by atoms with E-state index in [1.54, 1.807) is 37.4 Å². The molecule has 0 aliphatic heterocycles. The van der Waals surface area contributed by atoms with Crippen molar-refractivity contribution >= 4 is 23.2 Å². The Kier molecular flexibility index (Phi) is 5.27. The number of hydrogen-bond acceptors (Lipinski definition) is 4. The predicted octanol–water partition coefficient (Wildman–Crippen LogP) is 2.58. The topological polar surface area (TPSA) is 79.3 Å². The van der Waals surface area contributed by atoms with Crippen LogP contribution in [0.3, 0.4) is 0 Å². The number of aromatic nitrogens is 1. The fourth-order valence-corrected chi connectivity index (χ4v) is 2.93. The van der Waals surface area contributed by atoms with Crippen LogP contribution in [0.2, 0.25) is 0 Å². The van der Waals surface area contributed by atoms with Crippen LogP contribution in [0.25, 0.3) is 0 Å². The minimum atomic E-state index is -1.39. The molecule has 2 N–H and O–H groups in total. The summed E-state index contributed by atoms with van der Waals surface area (Å²) < 4.78 is 0. The van der Waals surface area contributed by atoms with Crippen LogP contribution in [-0.2, 0) is 21.5 Å². The molecule has 22 heavy (non-hydrogen) atoms. The maximum absolute atomic E-state index is 12.2. The summed E-state index contributed by atoms with van der Waals surface area (Å²) in [6, 6.07) is 8.79. The number of aryl methyl sites for hydroxylation is 1. The molecule has 0 saturated carbocycles. The first-order valence-electron chi connectivity index (χ1n) is 7.07. The van der Waals surface area contributed by atoms with Crippen LogP contribution in [0.15, 0.2) is 41.9 Å². The van der Waals surface area contributed by atoms with Gasteiger partial charge in [0.15, 0.2) is 5.54 Å². The Balaban J connectivity index is 2.13. The second-order valence-corrected chi connectivity index (χ2v) is 5.88. The first-order valence-corrected chi connectivity index (χ1v) is 7.94. The van der Waals surface area contributed by atoms with Gasteiger partial charge in [0.2, 0.25) is 5.91 Å². The van der Waals surface area contributed by atoms with E-state index in [2.05, 4.69) is 10.3 Å². The monoisotopic (exact) mass is 318 g/mol. The van der Waals surface area contributed by atoms with Gasteiger partial charge < -0.3 is 10.4 Å². The van der Waals surface area contributed by atoms with Crippen LogP contribution in [-0.4, -0.2) is 22.0 Å². The van der Waals surface area contributed by atoms with Gasteiger partial charge in [0.05, 0.1) is 5.01 Å². The van der Waals surface area contributed by atoms with E-state index in [9.17, 15) is 14.7 Å². The highest BCUT2D eigenvalue weighted by Gasteiger charge is 2.39. The highest BCUT2D eigenvalue weighted by atomic mass is 32.1. The highest BCUT2D eigenvalue weighted by Crippen LogP contribution is 2.25. The van der Waals surface area contributed by atoms with E-state index in [0.29, 0.717) is 12.0 Å². The lowest BCUT2D eigenvalue weighted by atomic mass is 9.87. The fraction of sp³-hybridized carbons (Fsp3) is 0.312. The summed E-state index contributed by atoms with van der Waals surface area (Å²) >= 11 is 1.48. The number of aliphatic carboxylic acids is 1. The van der Waals surface area contributed by atoms with Gasteiger partial charge in [0.1, 0.15) is 0 Å². The van der Waals surface area contributed by atoms with E-state index in [1.807, 2.05) is 11.4 Å². The number of nitrogens with one attached hydrogen (secondary N) is 1. The van der Waals surface area contributed by atoms with Gasteiger partial charge in [-0.25, -0.2) is 9.78 Å². The number of nitrogens with zero attached hydrogens (tertiary/aromatic N) is 1. The summed E-state index contributed by atoms with van der Waals surface area (Å²) in [5.41, 5.74) is -0.811. The maximum atomic E-state index is 12.2. The molecule has 0 radical (unpaired) electrons. The van der Waals surface area contributed by atoms with Crippen LogP contribution >= 0.6 is 11.3 Å². The summed E-state index contributed by atoms with van der Waals surface area (Å²) in [5.74, 6) is -1.34. The molecule has 0 aliphatic rings. The molecule has 5 nitrogen and oxygen atoms in total. The number of carboxylic acids is 1. The van der Waals surface area contributed by atoms with Crippen molar-refractivity contribution in [1.29, 1.82) is 0 Å². The van der Waals surface area contributed by atoms with Crippen LogP contribution in [0, 0.1) is 0 Å². The Labute approximate surface area is 133 Å². The van der Waals surface area contributed by atoms with Crippen molar-refractivity contribution in [2.45, 2.75) is 31.7 Å². The van der Waals surface area contributed by atoms with E-state index in [1.165, 1.54) is 11.3 Å². The summed E-state index contributed by atoms with van der Waals surface area (Å²) in [7, 11) is 0. The molecule has 1 atom stereocenters. The second-order valence-electron chi connectivity index (χ2n) is 4.90.